The van der Waals surface area contributed by atoms with Crippen molar-refractivity contribution in [3.05, 3.63) is 28.8 Å². The van der Waals surface area contributed by atoms with Crippen LogP contribution in [0.2, 0.25) is 5.02 Å². The third-order valence-corrected chi connectivity index (χ3v) is 4.35. The van der Waals surface area contributed by atoms with Gasteiger partial charge >= 0.3 is 0 Å². The number of hydrogen-bond donors (Lipinski definition) is 1. The number of halogens is 1. The molecule has 0 amide bonds. The fourth-order valence-corrected chi connectivity index (χ4v) is 2.91. The Labute approximate surface area is 129 Å². The molecular formula is C17H29ClN2. The molecule has 0 spiro atoms. The van der Waals surface area contributed by atoms with Gasteiger partial charge in [0.2, 0.25) is 0 Å². The highest BCUT2D eigenvalue weighted by molar-refractivity contribution is 6.33. The Hall–Kier alpha value is -0.730. The number of anilines is 1. The molecule has 1 rings (SSSR count). The molecule has 20 heavy (non-hydrogen) atoms. The second-order valence-electron chi connectivity index (χ2n) is 5.47. The highest BCUT2D eigenvalue weighted by Gasteiger charge is 2.15. The van der Waals surface area contributed by atoms with Gasteiger partial charge in [-0.25, -0.2) is 0 Å². The molecule has 0 aliphatic rings. The fourth-order valence-electron chi connectivity index (χ4n) is 2.59. The third kappa shape index (κ3) is 4.39. The molecule has 1 N–H and O–H groups in total. The predicted octanol–water partition coefficient (Wildman–Crippen LogP) is 5.03. The van der Waals surface area contributed by atoms with Gasteiger partial charge in [0.05, 0.1) is 10.7 Å². The minimum Gasteiger partial charge on any atom is -0.370 e. The lowest BCUT2D eigenvalue weighted by Crippen LogP contribution is -2.30. The monoisotopic (exact) mass is 296 g/mol. The second-order valence-corrected chi connectivity index (χ2v) is 5.88. The molecule has 2 nitrogen and oxygen atoms in total. The molecule has 1 aromatic rings. The van der Waals surface area contributed by atoms with Gasteiger partial charge in [0.25, 0.3) is 0 Å². The van der Waals surface area contributed by atoms with Crippen molar-refractivity contribution >= 4 is 17.3 Å². The van der Waals surface area contributed by atoms with Crippen LogP contribution < -0.4 is 10.2 Å². The Bertz CT molecular complexity index is 402. The molecule has 1 aromatic carbocycles. The van der Waals surface area contributed by atoms with E-state index < -0.39 is 0 Å². The van der Waals surface area contributed by atoms with E-state index in [0.29, 0.717) is 12.1 Å². The van der Waals surface area contributed by atoms with E-state index in [4.69, 9.17) is 11.6 Å². The summed E-state index contributed by atoms with van der Waals surface area (Å²) in [6, 6.07) is 7.34. The lowest BCUT2D eigenvalue weighted by atomic mass is 10.1. The lowest BCUT2D eigenvalue weighted by Gasteiger charge is -2.29. The van der Waals surface area contributed by atoms with Crippen molar-refractivity contribution in [3.63, 3.8) is 0 Å². The van der Waals surface area contributed by atoms with Crippen LogP contribution in [-0.4, -0.2) is 19.6 Å². The zero-order chi connectivity index (χ0) is 15.1. The van der Waals surface area contributed by atoms with Gasteiger partial charge in [0.1, 0.15) is 0 Å². The van der Waals surface area contributed by atoms with E-state index in [-0.39, 0.29) is 0 Å². The molecule has 0 radical (unpaired) electrons. The van der Waals surface area contributed by atoms with E-state index in [0.717, 1.165) is 36.5 Å². The van der Waals surface area contributed by atoms with Gasteiger partial charge < -0.3 is 10.2 Å². The van der Waals surface area contributed by atoms with Crippen LogP contribution in [0.3, 0.4) is 0 Å². The Balaban J connectivity index is 2.87. The number of hydrogen-bond acceptors (Lipinski definition) is 2. The SMILES string of the molecule is CCCNC(C)c1ccc(N(C)C(CC)CC)c(Cl)c1. The molecular weight excluding hydrogens is 268 g/mol. The van der Waals surface area contributed by atoms with Crippen molar-refractivity contribution in [1.82, 2.24) is 5.32 Å². The van der Waals surface area contributed by atoms with Crippen LogP contribution in [0, 0.1) is 0 Å². The van der Waals surface area contributed by atoms with Gasteiger partial charge in [-0.05, 0) is 50.4 Å². The summed E-state index contributed by atoms with van der Waals surface area (Å²) < 4.78 is 0. The van der Waals surface area contributed by atoms with Gasteiger partial charge in [-0.3, -0.25) is 0 Å². The zero-order valence-corrected chi connectivity index (χ0v) is 14.3. The lowest BCUT2D eigenvalue weighted by molar-refractivity contribution is 0.570. The topological polar surface area (TPSA) is 15.3 Å². The van der Waals surface area contributed by atoms with Crippen molar-refractivity contribution in [2.75, 3.05) is 18.5 Å². The predicted molar refractivity (Wildman–Crippen MR) is 90.9 cm³/mol. The van der Waals surface area contributed by atoms with E-state index in [1.54, 1.807) is 0 Å². The van der Waals surface area contributed by atoms with Crippen LogP contribution in [0.25, 0.3) is 0 Å². The summed E-state index contributed by atoms with van der Waals surface area (Å²) in [6.07, 6.45) is 3.42. The standard InChI is InChI=1S/C17H29ClN2/c1-6-11-19-13(4)14-9-10-17(16(18)12-14)20(5)15(7-2)8-3/h9-10,12-13,15,19H,6-8,11H2,1-5H3. The molecule has 3 heteroatoms. The number of benzene rings is 1. The van der Waals surface area contributed by atoms with Crippen molar-refractivity contribution in [3.8, 4) is 0 Å². The van der Waals surface area contributed by atoms with Crippen LogP contribution >= 0.6 is 11.6 Å². The first-order valence-corrected chi connectivity index (χ1v) is 8.18. The number of rotatable bonds is 8. The Morgan fingerprint density at radius 3 is 2.35 bits per heavy atom. The van der Waals surface area contributed by atoms with E-state index in [2.05, 4.69) is 63.2 Å². The van der Waals surface area contributed by atoms with Gasteiger partial charge in [0, 0.05) is 19.1 Å². The van der Waals surface area contributed by atoms with Gasteiger partial charge in [-0.1, -0.05) is 38.4 Å². The summed E-state index contributed by atoms with van der Waals surface area (Å²) in [5, 5.41) is 4.35. The summed E-state index contributed by atoms with van der Waals surface area (Å²) in [4.78, 5) is 2.30. The maximum absolute atomic E-state index is 6.49. The van der Waals surface area contributed by atoms with Gasteiger partial charge in [-0.15, -0.1) is 0 Å². The molecule has 114 valence electrons. The highest BCUT2D eigenvalue weighted by Crippen LogP contribution is 2.30. The van der Waals surface area contributed by atoms with Gasteiger partial charge in [-0.2, -0.15) is 0 Å². The van der Waals surface area contributed by atoms with Gasteiger partial charge in [0.15, 0.2) is 0 Å². The highest BCUT2D eigenvalue weighted by atomic mass is 35.5. The third-order valence-electron chi connectivity index (χ3n) is 4.04. The first kappa shape index (κ1) is 17.3. The van der Waals surface area contributed by atoms with Crippen LogP contribution in [0.1, 0.15) is 58.6 Å². The van der Waals surface area contributed by atoms with Crippen molar-refractivity contribution in [2.24, 2.45) is 0 Å². The molecule has 0 aromatic heterocycles. The summed E-state index contributed by atoms with van der Waals surface area (Å²) >= 11 is 6.49. The average molecular weight is 297 g/mol. The quantitative estimate of drug-likeness (QED) is 0.724. The van der Waals surface area contributed by atoms with E-state index in [9.17, 15) is 0 Å². The Morgan fingerprint density at radius 1 is 1.20 bits per heavy atom. The molecule has 0 bridgehead atoms. The van der Waals surface area contributed by atoms with Crippen molar-refractivity contribution < 1.29 is 0 Å². The van der Waals surface area contributed by atoms with E-state index >= 15 is 0 Å². The van der Waals surface area contributed by atoms with Crippen LogP contribution in [0.15, 0.2) is 18.2 Å². The van der Waals surface area contributed by atoms with Crippen LogP contribution in [-0.2, 0) is 0 Å². The van der Waals surface area contributed by atoms with E-state index in [1.807, 2.05) is 0 Å². The summed E-state index contributed by atoms with van der Waals surface area (Å²) in [6.45, 7) is 9.85. The van der Waals surface area contributed by atoms with Crippen molar-refractivity contribution in [1.29, 1.82) is 0 Å². The molecule has 0 heterocycles. The fraction of sp³-hybridized carbons (Fsp3) is 0.647. The maximum atomic E-state index is 6.49. The molecule has 0 fully saturated rings. The Kier molecular flexibility index (Phi) is 7.39. The molecule has 0 saturated heterocycles. The zero-order valence-electron chi connectivity index (χ0n) is 13.5. The van der Waals surface area contributed by atoms with Crippen LogP contribution in [0.5, 0.6) is 0 Å². The summed E-state index contributed by atoms with van der Waals surface area (Å²) in [7, 11) is 2.14. The molecule has 0 aliphatic heterocycles. The summed E-state index contributed by atoms with van der Waals surface area (Å²) in [5.41, 5.74) is 2.39. The first-order chi connectivity index (χ1) is 9.54. The normalized spacial score (nSPS) is 12.8. The average Bonchev–Trinajstić information content (AvgIpc) is 2.45. The molecule has 0 aliphatic carbocycles. The number of nitrogens with zero attached hydrogens (tertiary/aromatic N) is 1. The minimum absolute atomic E-state index is 0.347. The smallest absolute Gasteiger partial charge is 0.0642 e. The Morgan fingerprint density at radius 2 is 1.85 bits per heavy atom. The van der Waals surface area contributed by atoms with E-state index in [1.165, 1.54) is 5.56 Å². The van der Waals surface area contributed by atoms with Crippen LogP contribution in [0.4, 0.5) is 5.69 Å². The van der Waals surface area contributed by atoms with Crippen molar-refractivity contribution in [2.45, 2.75) is 59.0 Å². The molecule has 0 saturated carbocycles. The summed E-state index contributed by atoms with van der Waals surface area (Å²) in [5.74, 6) is 0. The molecule has 1 unspecified atom stereocenters. The second kappa shape index (κ2) is 8.53. The molecule has 1 atom stereocenters. The maximum Gasteiger partial charge on any atom is 0.0642 e. The minimum atomic E-state index is 0.347. The number of nitrogens with one attached hydrogen (secondary N) is 1. The largest absolute Gasteiger partial charge is 0.370 e. The first-order valence-electron chi connectivity index (χ1n) is 7.80.